The molecule has 3 atom stereocenters. The number of carbonyl (C=O) groups excluding carboxylic acids is 1. The third-order valence-electron chi connectivity index (χ3n) is 4.45. The molecule has 8 heteroatoms. The summed E-state index contributed by atoms with van der Waals surface area (Å²) in [7, 11) is 0. The third-order valence-corrected chi connectivity index (χ3v) is 4.45. The molecule has 0 aromatic heterocycles. The summed E-state index contributed by atoms with van der Waals surface area (Å²) in [6, 6.07) is 0. The number of aliphatic hydroxyl groups is 1. The zero-order valence-electron chi connectivity index (χ0n) is 13.3. The maximum absolute atomic E-state index is 13.3. The highest BCUT2D eigenvalue weighted by Crippen LogP contribution is 2.33. The van der Waals surface area contributed by atoms with Crippen LogP contribution in [-0.4, -0.2) is 66.7 Å². The van der Waals surface area contributed by atoms with Gasteiger partial charge in [0.25, 0.3) is 0 Å². The Balaban J connectivity index is 2.04. The Bertz CT molecular complexity index is 408. The summed E-state index contributed by atoms with van der Waals surface area (Å²) in [5.74, 6) is -3.01. The lowest BCUT2D eigenvalue weighted by Crippen LogP contribution is -2.46. The fraction of sp³-hybridized carbons (Fsp3) is 0.933. The number of alkyl halides is 3. The van der Waals surface area contributed by atoms with Gasteiger partial charge in [-0.1, -0.05) is 0 Å². The van der Waals surface area contributed by atoms with E-state index >= 15 is 0 Å². The highest BCUT2D eigenvalue weighted by atomic mass is 19.4. The topological polar surface area (TPSA) is 59.0 Å². The Labute approximate surface area is 133 Å². The number of likely N-dealkylation sites (tertiary alicyclic amines) is 1. The second-order valence-electron chi connectivity index (χ2n) is 6.57. The average molecular weight is 339 g/mol. The van der Waals surface area contributed by atoms with Gasteiger partial charge >= 0.3 is 6.18 Å². The highest BCUT2D eigenvalue weighted by Gasteiger charge is 2.48. The van der Waals surface area contributed by atoms with E-state index in [2.05, 4.69) is 0 Å². The molecule has 0 aliphatic carbocycles. The van der Waals surface area contributed by atoms with Crippen LogP contribution in [0.15, 0.2) is 0 Å². The monoisotopic (exact) mass is 339 g/mol. The van der Waals surface area contributed by atoms with E-state index < -0.39 is 36.1 Å². The van der Waals surface area contributed by atoms with Crippen molar-refractivity contribution in [2.24, 2.45) is 5.92 Å². The molecule has 2 aliphatic rings. The smallest absolute Gasteiger partial charge is 0.390 e. The highest BCUT2D eigenvalue weighted by molar-refractivity contribution is 5.79. The quantitative estimate of drug-likeness (QED) is 0.851. The van der Waals surface area contributed by atoms with Crippen LogP contribution in [0.1, 0.15) is 32.6 Å². The van der Waals surface area contributed by atoms with Gasteiger partial charge in [-0.2, -0.15) is 13.2 Å². The summed E-state index contributed by atoms with van der Waals surface area (Å²) in [5, 5.41) is 10.0. The van der Waals surface area contributed by atoms with Crippen molar-refractivity contribution in [3.63, 3.8) is 0 Å². The Kier molecular flexibility index (Phi) is 5.91. The van der Waals surface area contributed by atoms with Crippen molar-refractivity contribution >= 4 is 5.91 Å². The lowest BCUT2D eigenvalue weighted by atomic mass is 9.97. The van der Waals surface area contributed by atoms with E-state index in [0.717, 1.165) is 0 Å². The Hall–Kier alpha value is -0.860. The number of hydrogen-bond donors (Lipinski definition) is 1. The number of nitrogens with zero attached hydrogens (tertiary/aromatic N) is 1. The first kappa shape index (κ1) is 18.5. The standard InChI is InChI=1S/C15H24F3NO4/c1-14(21)3-2-5-19(6-4-14)13(20)12(15(16,17)18)9-11-10-22-7-8-23-11/h11-12,21H,2-10H2,1H3. The first-order chi connectivity index (χ1) is 10.7. The predicted molar refractivity (Wildman–Crippen MR) is 75.8 cm³/mol. The molecule has 2 aliphatic heterocycles. The molecular formula is C15H24F3NO4. The molecule has 1 amide bonds. The maximum Gasteiger partial charge on any atom is 0.400 e. The second-order valence-corrected chi connectivity index (χ2v) is 6.57. The van der Waals surface area contributed by atoms with Gasteiger partial charge in [-0.05, 0) is 32.6 Å². The Morgan fingerprint density at radius 3 is 2.70 bits per heavy atom. The lowest BCUT2D eigenvalue weighted by Gasteiger charge is -2.31. The zero-order valence-corrected chi connectivity index (χ0v) is 13.3. The average Bonchev–Trinajstić information content (AvgIpc) is 2.65. The van der Waals surface area contributed by atoms with Crippen LogP contribution in [0.2, 0.25) is 0 Å². The van der Waals surface area contributed by atoms with Gasteiger partial charge in [0.2, 0.25) is 5.91 Å². The van der Waals surface area contributed by atoms with Crippen molar-refractivity contribution < 1.29 is 32.5 Å². The number of carbonyl (C=O) groups is 1. The molecule has 0 aromatic rings. The molecule has 2 rings (SSSR count). The molecule has 3 unspecified atom stereocenters. The molecule has 0 saturated carbocycles. The molecule has 0 aromatic carbocycles. The molecule has 5 nitrogen and oxygen atoms in total. The van der Waals surface area contributed by atoms with Crippen molar-refractivity contribution in [2.75, 3.05) is 32.9 Å². The fourth-order valence-electron chi connectivity index (χ4n) is 3.01. The molecule has 134 valence electrons. The Morgan fingerprint density at radius 2 is 2.09 bits per heavy atom. The van der Waals surface area contributed by atoms with Crippen molar-refractivity contribution in [3.05, 3.63) is 0 Å². The van der Waals surface area contributed by atoms with Gasteiger partial charge in [0.05, 0.1) is 31.5 Å². The summed E-state index contributed by atoms with van der Waals surface area (Å²) in [6.07, 6.45) is -4.50. The molecule has 0 spiro atoms. The van der Waals surface area contributed by atoms with E-state index in [9.17, 15) is 23.1 Å². The van der Waals surface area contributed by atoms with E-state index in [0.29, 0.717) is 19.4 Å². The number of rotatable bonds is 3. The van der Waals surface area contributed by atoms with Gasteiger partial charge < -0.3 is 19.5 Å². The number of amides is 1. The van der Waals surface area contributed by atoms with Crippen molar-refractivity contribution in [3.8, 4) is 0 Å². The number of ether oxygens (including phenoxy) is 2. The van der Waals surface area contributed by atoms with Crippen LogP contribution in [0.3, 0.4) is 0 Å². The first-order valence-electron chi connectivity index (χ1n) is 7.96. The second kappa shape index (κ2) is 7.36. The zero-order chi connectivity index (χ0) is 17.1. The van der Waals surface area contributed by atoms with Gasteiger partial charge in [0.1, 0.15) is 5.92 Å². The van der Waals surface area contributed by atoms with Gasteiger partial charge in [0, 0.05) is 13.1 Å². The molecule has 0 bridgehead atoms. The predicted octanol–water partition coefficient (Wildman–Crippen LogP) is 1.73. The number of hydrogen-bond acceptors (Lipinski definition) is 4. The van der Waals surface area contributed by atoms with Crippen molar-refractivity contribution in [1.29, 1.82) is 0 Å². The third kappa shape index (κ3) is 5.32. The lowest BCUT2D eigenvalue weighted by molar-refractivity contribution is -0.200. The summed E-state index contributed by atoms with van der Waals surface area (Å²) < 4.78 is 50.4. The molecule has 2 saturated heterocycles. The molecule has 23 heavy (non-hydrogen) atoms. The van der Waals surface area contributed by atoms with Crippen molar-refractivity contribution in [2.45, 2.75) is 50.5 Å². The molecule has 2 fully saturated rings. The van der Waals surface area contributed by atoms with Gasteiger partial charge in [-0.3, -0.25) is 4.79 Å². The molecule has 2 heterocycles. The minimum Gasteiger partial charge on any atom is -0.390 e. The van der Waals surface area contributed by atoms with Crippen LogP contribution >= 0.6 is 0 Å². The molecule has 0 radical (unpaired) electrons. The van der Waals surface area contributed by atoms with Gasteiger partial charge in [-0.25, -0.2) is 0 Å². The molecular weight excluding hydrogens is 315 g/mol. The van der Waals surface area contributed by atoms with E-state index in [-0.39, 0.29) is 32.7 Å². The summed E-state index contributed by atoms with van der Waals surface area (Å²) in [4.78, 5) is 13.6. The van der Waals surface area contributed by atoms with Crippen molar-refractivity contribution in [1.82, 2.24) is 4.90 Å². The van der Waals surface area contributed by atoms with E-state index in [1.807, 2.05) is 0 Å². The van der Waals surface area contributed by atoms with Crippen LogP contribution < -0.4 is 0 Å². The summed E-state index contributed by atoms with van der Waals surface area (Å²) in [6.45, 7) is 2.71. The SMILES string of the molecule is CC1(O)CCCN(C(=O)C(CC2COCCO2)C(F)(F)F)CC1. The van der Waals surface area contributed by atoms with Crippen LogP contribution in [0, 0.1) is 5.92 Å². The largest absolute Gasteiger partial charge is 0.400 e. The van der Waals surface area contributed by atoms with Crippen LogP contribution in [-0.2, 0) is 14.3 Å². The van der Waals surface area contributed by atoms with Crippen LogP contribution in [0.25, 0.3) is 0 Å². The van der Waals surface area contributed by atoms with Gasteiger partial charge in [0.15, 0.2) is 0 Å². The van der Waals surface area contributed by atoms with E-state index in [1.54, 1.807) is 6.92 Å². The minimum atomic E-state index is -4.62. The first-order valence-corrected chi connectivity index (χ1v) is 7.96. The maximum atomic E-state index is 13.3. The summed E-state index contributed by atoms with van der Waals surface area (Å²) in [5.41, 5.74) is -0.927. The number of halogens is 3. The van der Waals surface area contributed by atoms with Crippen LogP contribution in [0.5, 0.6) is 0 Å². The van der Waals surface area contributed by atoms with E-state index in [4.69, 9.17) is 9.47 Å². The van der Waals surface area contributed by atoms with E-state index in [1.165, 1.54) is 4.90 Å². The summed E-state index contributed by atoms with van der Waals surface area (Å²) >= 11 is 0. The normalized spacial score (nSPS) is 31.5. The fourth-order valence-corrected chi connectivity index (χ4v) is 3.01. The minimum absolute atomic E-state index is 0.0779. The van der Waals surface area contributed by atoms with Crippen LogP contribution in [0.4, 0.5) is 13.2 Å². The molecule has 1 N–H and O–H groups in total. The van der Waals surface area contributed by atoms with Gasteiger partial charge in [-0.15, -0.1) is 0 Å². The Morgan fingerprint density at radius 1 is 1.35 bits per heavy atom.